The summed E-state index contributed by atoms with van der Waals surface area (Å²) in [5.41, 5.74) is -0.462. The van der Waals surface area contributed by atoms with Crippen LogP contribution in [0.3, 0.4) is 0 Å². The van der Waals surface area contributed by atoms with Gasteiger partial charge in [0, 0.05) is 26.6 Å². The molecular formula is C12H25N3O3. The van der Waals surface area contributed by atoms with E-state index in [0.29, 0.717) is 19.5 Å². The minimum Gasteiger partial charge on any atom is -0.444 e. The van der Waals surface area contributed by atoms with E-state index in [-0.39, 0.29) is 5.91 Å². The topological polar surface area (TPSA) is 79.5 Å². The molecule has 2 amide bonds. The molecule has 0 atom stereocenters. The lowest BCUT2D eigenvalue weighted by Crippen LogP contribution is -2.34. The van der Waals surface area contributed by atoms with Gasteiger partial charge in [-0.05, 0) is 33.7 Å². The SMILES string of the molecule is CNC(=O)CCNCCCNC(=O)OC(C)(C)C. The minimum absolute atomic E-state index is 0.0226. The zero-order chi connectivity index (χ0) is 14.0. The van der Waals surface area contributed by atoms with Gasteiger partial charge in [-0.15, -0.1) is 0 Å². The predicted molar refractivity (Wildman–Crippen MR) is 70.4 cm³/mol. The van der Waals surface area contributed by atoms with Crippen molar-refractivity contribution in [3.05, 3.63) is 0 Å². The first-order valence-electron chi connectivity index (χ1n) is 6.23. The van der Waals surface area contributed by atoms with Gasteiger partial charge in [0.25, 0.3) is 0 Å². The Morgan fingerprint density at radius 3 is 2.33 bits per heavy atom. The normalized spacial score (nSPS) is 10.9. The van der Waals surface area contributed by atoms with Crippen molar-refractivity contribution in [3.8, 4) is 0 Å². The first kappa shape index (κ1) is 16.7. The van der Waals surface area contributed by atoms with Crippen LogP contribution in [0.5, 0.6) is 0 Å². The predicted octanol–water partition coefficient (Wildman–Crippen LogP) is 0.627. The summed E-state index contributed by atoms with van der Waals surface area (Å²) in [6, 6.07) is 0. The van der Waals surface area contributed by atoms with Gasteiger partial charge < -0.3 is 20.7 Å². The molecule has 0 fully saturated rings. The molecule has 18 heavy (non-hydrogen) atoms. The van der Waals surface area contributed by atoms with Gasteiger partial charge in [0.1, 0.15) is 5.60 Å². The molecule has 0 rings (SSSR count). The number of carbonyl (C=O) groups is 2. The van der Waals surface area contributed by atoms with Crippen molar-refractivity contribution in [2.24, 2.45) is 0 Å². The summed E-state index contributed by atoms with van der Waals surface area (Å²) in [7, 11) is 1.62. The molecule has 0 saturated heterocycles. The summed E-state index contributed by atoms with van der Waals surface area (Å²) in [6.07, 6.45) is 0.871. The van der Waals surface area contributed by atoms with E-state index in [4.69, 9.17) is 4.74 Å². The largest absolute Gasteiger partial charge is 0.444 e. The van der Waals surface area contributed by atoms with Crippen LogP contribution in [0, 0.1) is 0 Å². The van der Waals surface area contributed by atoms with Crippen molar-refractivity contribution in [1.82, 2.24) is 16.0 Å². The van der Waals surface area contributed by atoms with E-state index in [1.165, 1.54) is 0 Å². The number of rotatable bonds is 7. The van der Waals surface area contributed by atoms with Crippen molar-refractivity contribution in [1.29, 1.82) is 0 Å². The van der Waals surface area contributed by atoms with E-state index in [1.54, 1.807) is 7.05 Å². The number of amides is 2. The molecule has 0 aromatic rings. The van der Waals surface area contributed by atoms with Crippen molar-refractivity contribution in [2.45, 2.75) is 39.2 Å². The Morgan fingerprint density at radius 1 is 1.11 bits per heavy atom. The monoisotopic (exact) mass is 259 g/mol. The number of ether oxygens (including phenoxy) is 1. The Hall–Kier alpha value is -1.30. The van der Waals surface area contributed by atoms with E-state index in [9.17, 15) is 9.59 Å². The van der Waals surface area contributed by atoms with E-state index in [2.05, 4.69) is 16.0 Å². The molecule has 6 nitrogen and oxygen atoms in total. The van der Waals surface area contributed by atoms with Crippen LogP contribution in [0.2, 0.25) is 0 Å². The Bertz CT molecular complexity index is 262. The summed E-state index contributed by atoms with van der Waals surface area (Å²) in [6.45, 7) is 7.44. The molecule has 0 radical (unpaired) electrons. The third-order valence-electron chi connectivity index (χ3n) is 2.01. The van der Waals surface area contributed by atoms with Crippen LogP contribution in [0.4, 0.5) is 4.79 Å². The Labute approximate surface area is 109 Å². The maximum atomic E-state index is 11.3. The fourth-order valence-corrected chi connectivity index (χ4v) is 1.17. The molecule has 0 aromatic heterocycles. The van der Waals surface area contributed by atoms with Gasteiger partial charge in [-0.2, -0.15) is 0 Å². The van der Waals surface area contributed by atoms with Crippen LogP contribution in [-0.2, 0) is 9.53 Å². The van der Waals surface area contributed by atoms with Crippen molar-refractivity contribution in [3.63, 3.8) is 0 Å². The molecule has 106 valence electrons. The molecule has 0 unspecified atom stereocenters. The molecule has 0 bridgehead atoms. The number of alkyl carbamates (subject to hydrolysis) is 1. The maximum Gasteiger partial charge on any atom is 0.407 e. The number of hydrogen-bond acceptors (Lipinski definition) is 4. The second-order valence-electron chi connectivity index (χ2n) is 4.96. The van der Waals surface area contributed by atoms with Gasteiger partial charge in [0.15, 0.2) is 0 Å². The number of hydrogen-bond donors (Lipinski definition) is 3. The molecule has 3 N–H and O–H groups in total. The second kappa shape index (κ2) is 8.74. The van der Waals surface area contributed by atoms with E-state index in [0.717, 1.165) is 13.0 Å². The standard InChI is InChI=1S/C12H25N3O3/c1-12(2,3)18-11(17)15-8-5-7-14-9-6-10(16)13-4/h14H,5-9H2,1-4H3,(H,13,16)(H,15,17). The summed E-state index contributed by atoms with van der Waals surface area (Å²) in [4.78, 5) is 22.2. The molecule has 0 aliphatic heterocycles. The van der Waals surface area contributed by atoms with Gasteiger partial charge in [0.2, 0.25) is 5.91 Å². The van der Waals surface area contributed by atoms with Crippen LogP contribution in [0.15, 0.2) is 0 Å². The minimum atomic E-state index is -0.462. The third-order valence-corrected chi connectivity index (χ3v) is 2.01. The number of nitrogens with one attached hydrogen (secondary N) is 3. The molecule has 0 heterocycles. The zero-order valence-electron chi connectivity index (χ0n) is 11.8. The fourth-order valence-electron chi connectivity index (χ4n) is 1.17. The fraction of sp³-hybridized carbons (Fsp3) is 0.833. The van der Waals surface area contributed by atoms with Crippen LogP contribution < -0.4 is 16.0 Å². The highest BCUT2D eigenvalue weighted by molar-refractivity contribution is 5.75. The van der Waals surface area contributed by atoms with Gasteiger partial charge >= 0.3 is 6.09 Å². The van der Waals surface area contributed by atoms with E-state index >= 15 is 0 Å². The molecule has 6 heteroatoms. The third kappa shape index (κ3) is 11.2. The lowest BCUT2D eigenvalue weighted by atomic mass is 10.2. The Balaban J connectivity index is 3.35. The first-order chi connectivity index (χ1) is 8.35. The van der Waals surface area contributed by atoms with Crippen LogP contribution in [0.1, 0.15) is 33.6 Å². The molecular weight excluding hydrogens is 234 g/mol. The summed E-state index contributed by atoms with van der Waals surface area (Å²) >= 11 is 0. The lowest BCUT2D eigenvalue weighted by Gasteiger charge is -2.19. The summed E-state index contributed by atoms with van der Waals surface area (Å²) in [5, 5.41) is 8.34. The summed E-state index contributed by atoms with van der Waals surface area (Å²) < 4.78 is 5.09. The van der Waals surface area contributed by atoms with Gasteiger partial charge in [-0.1, -0.05) is 0 Å². The molecule has 0 aliphatic carbocycles. The Morgan fingerprint density at radius 2 is 1.78 bits per heavy atom. The Kier molecular flexibility index (Phi) is 8.11. The number of carbonyl (C=O) groups excluding carboxylic acids is 2. The first-order valence-corrected chi connectivity index (χ1v) is 6.23. The quantitative estimate of drug-likeness (QED) is 0.586. The van der Waals surface area contributed by atoms with E-state index < -0.39 is 11.7 Å². The molecule has 0 aliphatic rings. The van der Waals surface area contributed by atoms with Gasteiger partial charge in [-0.25, -0.2) is 4.79 Å². The average molecular weight is 259 g/mol. The molecule has 0 saturated carbocycles. The smallest absolute Gasteiger partial charge is 0.407 e. The molecule has 0 spiro atoms. The van der Waals surface area contributed by atoms with Gasteiger partial charge in [0.05, 0.1) is 0 Å². The maximum absolute atomic E-state index is 11.3. The van der Waals surface area contributed by atoms with Crippen LogP contribution in [-0.4, -0.2) is 44.3 Å². The summed E-state index contributed by atoms with van der Waals surface area (Å²) in [5.74, 6) is 0.0226. The van der Waals surface area contributed by atoms with Crippen molar-refractivity contribution >= 4 is 12.0 Å². The van der Waals surface area contributed by atoms with Crippen molar-refractivity contribution in [2.75, 3.05) is 26.7 Å². The van der Waals surface area contributed by atoms with Crippen molar-refractivity contribution < 1.29 is 14.3 Å². The second-order valence-corrected chi connectivity index (χ2v) is 4.96. The highest BCUT2D eigenvalue weighted by atomic mass is 16.6. The van der Waals surface area contributed by atoms with Crippen LogP contribution in [0.25, 0.3) is 0 Å². The molecule has 0 aromatic carbocycles. The van der Waals surface area contributed by atoms with Crippen LogP contribution >= 0.6 is 0 Å². The average Bonchev–Trinajstić information content (AvgIpc) is 2.25. The highest BCUT2D eigenvalue weighted by Gasteiger charge is 2.15. The zero-order valence-corrected chi connectivity index (χ0v) is 11.8. The van der Waals surface area contributed by atoms with E-state index in [1.807, 2.05) is 20.8 Å². The van der Waals surface area contributed by atoms with Gasteiger partial charge in [-0.3, -0.25) is 4.79 Å². The lowest BCUT2D eigenvalue weighted by molar-refractivity contribution is -0.120. The highest BCUT2D eigenvalue weighted by Crippen LogP contribution is 2.06.